The van der Waals surface area contributed by atoms with E-state index in [4.69, 9.17) is 17.1 Å². The van der Waals surface area contributed by atoms with Crippen molar-refractivity contribution in [3.8, 4) is 5.75 Å². The Morgan fingerprint density at radius 3 is 3.12 bits per heavy atom. The van der Waals surface area contributed by atoms with E-state index >= 15 is 0 Å². The highest BCUT2D eigenvalue weighted by molar-refractivity contribution is 5.86. The maximum Gasteiger partial charge on any atom is 0.120 e. The SMILES string of the molecule is [2H]c1cc2c3c([nH]c2cc1OC)C([2H])([2H])C([2H])([2H])N(C)C([2H])([2H])C3([2H])[2H]. The smallest absolute Gasteiger partial charge is 0.120 e. The zero-order valence-electron chi connectivity index (χ0n) is 18.5. The molecule has 0 saturated heterocycles. The van der Waals surface area contributed by atoms with Crippen LogP contribution in [0.1, 0.15) is 23.6 Å². The van der Waals surface area contributed by atoms with Crippen LogP contribution in [0.15, 0.2) is 18.2 Å². The van der Waals surface area contributed by atoms with Gasteiger partial charge in [0, 0.05) is 53.0 Å². The number of rotatable bonds is 1. The van der Waals surface area contributed by atoms with Gasteiger partial charge in [-0.05, 0) is 31.1 Å². The quantitative estimate of drug-likeness (QED) is 0.826. The normalized spacial score (nSPS) is 36.5. The summed E-state index contributed by atoms with van der Waals surface area (Å²) in [4.78, 5) is 3.16. The van der Waals surface area contributed by atoms with Gasteiger partial charge < -0.3 is 14.6 Å². The Hall–Kier alpha value is -1.48. The third-order valence-corrected chi connectivity index (χ3v) is 2.62. The molecule has 1 aliphatic heterocycles. The monoisotopic (exact) mass is 239 g/mol. The summed E-state index contributed by atoms with van der Waals surface area (Å²) in [6.45, 7) is -5.70. The molecule has 17 heavy (non-hydrogen) atoms. The van der Waals surface area contributed by atoms with Gasteiger partial charge in [-0.25, -0.2) is 0 Å². The van der Waals surface area contributed by atoms with Crippen LogP contribution in [-0.2, 0) is 12.7 Å². The van der Waals surface area contributed by atoms with Gasteiger partial charge in [0.25, 0.3) is 0 Å². The number of methoxy groups -OCH3 is 1. The Bertz CT molecular complexity index is 890. The Morgan fingerprint density at radius 1 is 1.47 bits per heavy atom. The maximum atomic E-state index is 8.41. The summed E-state index contributed by atoms with van der Waals surface area (Å²) < 4.78 is 79.2. The van der Waals surface area contributed by atoms with Gasteiger partial charge >= 0.3 is 0 Å². The molecular formula is C14H18N2O. The van der Waals surface area contributed by atoms with E-state index in [2.05, 4.69) is 4.98 Å². The molecule has 0 spiro atoms. The topological polar surface area (TPSA) is 28.3 Å². The number of aromatic amines is 1. The fourth-order valence-corrected chi connectivity index (χ4v) is 1.76. The number of aryl methyl sites for hydroxylation is 2. The molecule has 0 radical (unpaired) electrons. The summed E-state index contributed by atoms with van der Waals surface area (Å²) in [5.74, 6) is 0.179. The highest BCUT2D eigenvalue weighted by Crippen LogP contribution is 2.28. The van der Waals surface area contributed by atoms with Crippen LogP contribution in [0, 0.1) is 0 Å². The molecule has 0 unspecified atom stereocenters. The number of likely N-dealkylation sites (N-methyl/N-ethyl adjacent to an activating group) is 1. The largest absolute Gasteiger partial charge is 0.497 e. The van der Waals surface area contributed by atoms with E-state index < -0.39 is 25.7 Å². The van der Waals surface area contributed by atoms with Gasteiger partial charge in [0.15, 0.2) is 0 Å². The Kier molecular flexibility index (Phi) is 1.12. The molecule has 3 rings (SSSR count). The van der Waals surface area contributed by atoms with Gasteiger partial charge in [0.2, 0.25) is 0 Å². The van der Waals surface area contributed by atoms with Gasteiger partial charge in [0.1, 0.15) is 5.75 Å². The summed E-state index contributed by atoms with van der Waals surface area (Å²) in [6, 6.07) is 2.60. The Morgan fingerprint density at radius 2 is 2.29 bits per heavy atom. The van der Waals surface area contributed by atoms with Gasteiger partial charge in [-0.1, -0.05) is 0 Å². The minimum Gasteiger partial charge on any atom is -0.497 e. The fourth-order valence-electron chi connectivity index (χ4n) is 1.76. The van der Waals surface area contributed by atoms with E-state index in [1.54, 1.807) is 0 Å². The molecule has 2 aromatic rings. The van der Waals surface area contributed by atoms with Crippen LogP contribution in [-0.4, -0.2) is 37.0 Å². The van der Waals surface area contributed by atoms with Gasteiger partial charge in [-0.3, -0.25) is 0 Å². The minimum atomic E-state index is -2.85. The number of nitrogens with one attached hydrogen (secondary N) is 1. The number of hydrogen-bond donors (Lipinski definition) is 1. The van der Waals surface area contributed by atoms with Crippen molar-refractivity contribution in [2.24, 2.45) is 0 Å². The molecule has 0 fully saturated rings. The highest BCUT2D eigenvalue weighted by Gasteiger charge is 2.16. The summed E-state index contributed by atoms with van der Waals surface area (Å²) in [5.41, 5.74) is -0.470. The predicted molar refractivity (Wildman–Crippen MR) is 69.8 cm³/mol. The van der Waals surface area contributed by atoms with Crippen LogP contribution in [0.2, 0.25) is 0 Å². The standard InChI is InChI=1S/C14H18N2O/c1-16-7-5-12-11-4-3-10(17-2)9-14(11)15-13(12)6-8-16/h3-4,9,15H,5-8H2,1-2H3/i3D,5D2,6D2,7D2,8D2. The molecule has 2 heterocycles. The number of benzene rings is 1. The average molecular weight is 239 g/mol. The molecule has 3 heteroatoms. The number of H-pyrrole nitrogens is 1. The van der Waals surface area contributed by atoms with Crippen molar-refractivity contribution in [2.45, 2.75) is 12.7 Å². The van der Waals surface area contributed by atoms with Crippen molar-refractivity contribution >= 4 is 10.9 Å². The van der Waals surface area contributed by atoms with E-state index in [1.165, 1.54) is 19.2 Å². The fraction of sp³-hybridized carbons (Fsp3) is 0.429. The van der Waals surface area contributed by atoms with Crippen molar-refractivity contribution in [1.82, 2.24) is 9.88 Å². The van der Waals surface area contributed by atoms with Crippen molar-refractivity contribution in [2.75, 3.05) is 27.2 Å². The minimum absolute atomic E-state index is 0.0701. The molecule has 90 valence electrons. The van der Waals surface area contributed by atoms with Crippen LogP contribution in [0.4, 0.5) is 0 Å². The third kappa shape index (κ3) is 1.80. The number of aromatic nitrogens is 1. The molecule has 1 aromatic carbocycles. The molecule has 0 amide bonds. The second kappa shape index (κ2) is 4.08. The number of hydrogen-bond acceptors (Lipinski definition) is 2. The number of nitrogens with zero attached hydrogens (tertiary/aromatic N) is 1. The van der Waals surface area contributed by atoms with Gasteiger partial charge in [-0.2, -0.15) is 0 Å². The van der Waals surface area contributed by atoms with E-state index in [-0.39, 0.29) is 34.0 Å². The van der Waals surface area contributed by atoms with E-state index in [0.29, 0.717) is 4.90 Å². The van der Waals surface area contributed by atoms with E-state index in [1.807, 2.05) is 0 Å². The summed E-state index contributed by atoms with van der Waals surface area (Å²) >= 11 is 0. The average Bonchev–Trinajstić information content (AvgIpc) is 2.90. The molecule has 0 atom stereocenters. The highest BCUT2D eigenvalue weighted by atomic mass is 16.5. The first-order valence-electron chi connectivity index (χ1n) is 9.66. The van der Waals surface area contributed by atoms with E-state index in [0.717, 1.165) is 7.05 Å². The maximum absolute atomic E-state index is 8.41. The second-order valence-corrected chi connectivity index (χ2v) is 3.74. The van der Waals surface area contributed by atoms with Crippen molar-refractivity contribution < 1.29 is 17.1 Å². The van der Waals surface area contributed by atoms with Crippen LogP contribution < -0.4 is 4.74 Å². The van der Waals surface area contributed by atoms with Crippen molar-refractivity contribution in [3.05, 3.63) is 29.4 Å². The first-order valence-corrected chi connectivity index (χ1v) is 5.16. The van der Waals surface area contributed by atoms with Gasteiger partial charge in [0.05, 0.1) is 8.48 Å². The second-order valence-electron chi connectivity index (χ2n) is 3.74. The van der Waals surface area contributed by atoms with Crippen LogP contribution in [0.25, 0.3) is 10.9 Å². The van der Waals surface area contributed by atoms with Crippen LogP contribution in [0.3, 0.4) is 0 Å². The zero-order valence-corrected chi connectivity index (χ0v) is 9.51. The van der Waals surface area contributed by atoms with Crippen molar-refractivity contribution in [1.29, 1.82) is 0 Å². The lowest BCUT2D eigenvalue weighted by atomic mass is 10.1. The Balaban J connectivity index is 2.50. The van der Waals surface area contributed by atoms with Crippen molar-refractivity contribution in [3.63, 3.8) is 0 Å². The summed E-state index contributed by atoms with van der Waals surface area (Å²) in [7, 11) is 2.38. The third-order valence-electron chi connectivity index (χ3n) is 2.62. The first-order chi connectivity index (χ1) is 11.7. The molecule has 0 saturated carbocycles. The zero-order chi connectivity index (χ0) is 19.9. The Labute approximate surface area is 114 Å². The lowest BCUT2D eigenvalue weighted by molar-refractivity contribution is 0.352. The lowest BCUT2D eigenvalue weighted by Gasteiger charge is -2.11. The predicted octanol–water partition coefficient (Wildman–Crippen LogP) is 2.21. The molecular weight excluding hydrogens is 212 g/mol. The van der Waals surface area contributed by atoms with Crippen LogP contribution in [0.5, 0.6) is 5.75 Å². The molecule has 1 aromatic heterocycles. The summed E-state index contributed by atoms with van der Waals surface area (Å²) in [6.07, 6.45) is -5.50. The molecule has 0 aliphatic carbocycles. The molecule has 1 aliphatic rings. The lowest BCUT2D eigenvalue weighted by Crippen LogP contribution is -2.21. The number of fused-ring (bicyclic) bond motifs is 3. The molecule has 3 nitrogen and oxygen atoms in total. The van der Waals surface area contributed by atoms with E-state index in [9.17, 15) is 0 Å². The van der Waals surface area contributed by atoms with Crippen LogP contribution >= 0.6 is 0 Å². The number of ether oxygens (including phenoxy) is 1. The molecule has 1 N–H and O–H groups in total. The summed E-state index contributed by atoms with van der Waals surface area (Å²) in [5, 5.41) is 0.120. The first kappa shape index (κ1) is 4.65. The molecule has 0 bridgehead atoms. The van der Waals surface area contributed by atoms with Gasteiger partial charge in [-0.15, -0.1) is 0 Å².